The summed E-state index contributed by atoms with van der Waals surface area (Å²) in [5.41, 5.74) is -0.221. The van der Waals surface area contributed by atoms with Gasteiger partial charge < -0.3 is 26.0 Å². The smallest absolute Gasteiger partial charge is 0.407 e. The molecule has 32 heavy (non-hydrogen) atoms. The predicted molar refractivity (Wildman–Crippen MR) is 119 cm³/mol. The first-order chi connectivity index (χ1) is 14.7. The van der Waals surface area contributed by atoms with Crippen molar-refractivity contribution in [2.24, 2.45) is 17.3 Å². The van der Waals surface area contributed by atoms with Crippen molar-refractivity contribution in [3.8, 4) is 0 Å². The molecule has 10 nitrogen and oxygen atoms in total. The van der Waals surface area contributed by atoms with Gasteiger partial charge in [-0.25, -0.2) is 4.79 Å². The van der Waals surface area contributed by atoms with Crippen LogP contribution in [0.4, 0.5) is 4.79 Å². The van der Waals surface area contributed by atoms with Crippen molar-refractivity contribution in [3.63, 3.8) is 0 Å². The van der Waals surface area contributed by atoms with E-state index in [4.69, 9.17) is 4.74 Å². The highest BCUT2D eigenvalue weighted by Gasteiger charge is 2.34. The van der Waals surface area contributed by atoms with Gasteiger partial charge in [-0.1, -0.05) is 48.5 Å². The van der Waals surface area contributed by atoms with Gasteiger partial charge >= 0.3 is 6.09 Å². The molecule has 0 saturated carbocycles. The Morgan fingerprint density at radius 1 is 1.06 bits per heavy atom. The molecule has 10 heteroatoms. The molecule has 3 unspecified atom stereocenters. The van der Waals surface area contributed by atoms with E-state index in [1.54, 1.807) is 13.8 Å². The van der Waals surface area contributed by atoms with Crippen LogP contribution in [0.5, 0.6) is 0 Å². The lowest BCUT2D eigenvalue weighted by Crippen LogP contribution is -2.59. The van der Waals surface area contributed by atoms with Crippen molar-refractivity contribution < 1.29 is 28.7 Å². The second-order valence-corrected chi connectivity index (χ2v) is 10.2. The zero-order valence-electron chi connectivity index (χ0n) is 20.2. The summed E-state index contributed by atoms with van der Waals surface area (Å²) in [5, 5.41) is 10.3. The van der Waals surface area contributed by atoms with E-state index in [9.17, 15) is 24.0 Å². The Morgan fingerprint density at radius 2 is 1.69 bits per heavy atom. The van der Waals surface area contributed by atoms with Gasteiger partial charge in [-0.05, 0) is 30.1 Å². The highest BCUT2D eigenvalue weighted by atomic mass is 16.5. The summed E-state index contributed by atoms with van der Waals surface area (Å²) in [5.74, 6) is -2.70. The Hall–Kier alpha value is -2.65. The highest BCUT2D eigenvalue weighted by molar-refractivity contribution is 6.39. The number of carbonyl (C=O) groups is 5. The number of amides is 4. The first-order valence-electron chi connectivity index (χ1n) is 11.1. The van der Waals surface area contributed by atoms with Crippen LogP contribution in [-0.4, -0.2) is 60.9 Å². The lowest BCUT2D eigenvalue weighted by molar-refractivity contribution is -0.142. The van der Waals surface area contributed by atoms with Crippen LogP contribution in [0.15, 0.2) is 0 Å². The van der Waals surface area contributed by atoms with Crippen LogP contribution in [0.2, 0.25) is 0 Å². The zero-order chi connectivity index (χ0) is 24.6. The van der Waals surface area contributed by atoms with Crippen LogP contribution in [-0.2, 0) is 23.9 Å². The summed E-state index contributed by atoms with van der Waals surface area (Å²) in [7, 11) is 0. The van der Waals surface area contributed by atoms with Crippen LogP contribution in [0.25, 0.3) is 0 Å². The molecular weight excluding hydrogens is 416 g/mol. The third-order valence-corrected chi connectivity index (χ3v) is 4.77. The van der Waals surface area contributed by atoms with E-state index < -0.39 is 47.7 Å². The van der Waals surface area contributed by atoms with Gasteiger partial charge in [0.25, 0.3) is 5.91 Å². The predicted octanol–water partition coefficient (Wildman–Crippen LogP) is 0.888. The quantitative estimate of drug-likeness (QED) is 0.381. The monoisotopic (exact) mass is 454 g/mol. The number of alkyl carbamates (subject to hydrolysis) is 1. The number of nitrogens with one attached hydrogen (secondary N) is 4. The van der Waals surface area contributed by atoms with Gasteiger partial charge in [0.05, 0.1) is 12.6 Å². The average Bonchev–Trinajstić information content (AvgIpc) is 2.66. The Bertz CT molecular complexity index is 714. The van der Waals surface area contributed by atoms with E-state index in [0.717, 1.165) is 0 Å². The van der Waals surface area contributed by atoms with Crippen molar-refractivity contribution in [3.05, 3.63) is 0 Å². The van der Waals surface area contributed by atoms with Gasteiger partial charge in [-0.15, -0.1) is 0 Å². The minimum atomic E-state index is -0.922. The lowest BCUT2D eigenvalue weighted by Gasteiger charge is -2.28. The van der Waals surface area contributed by atoms with Crippen LogP contribution in [0.1, 0.15) is 61.3 Å². The van der Waals surface area contributed by atoms with E-state index >= 15 is 0 Å². The fraction of sp³-hybridized carbons (Fsp3) is 0.773. The molecular formula is C22H38N4O6. The van der Waals surface area contributed by atoms with Gasteiger partial charge in [0.1, 0.15) is 12.1 Å². The van der Waals surface area contributed by atoms with Crippen molar-refractivity contribution in [2.45, 2.75) is 79.4 Å². The van der Waals surface area contributed by atoms with E-state index in [2.05, 4.69) is 21.3 Å². The molecule has 0 aromatic heterocycles. The molecule has 1 aliphatic rings. The third-order valence-electron chi connectivity index (χ3n) is 4.77. The first-order valence-corrected chi connectivity index (χ1v) is 11.1. The lowest BCUT2D eigenvalue weighted by atomic mass is 9.98. The minimum Gasteiger partial charge on any atom is -0.449 e. The fourth-order valence-electron chi connectivity index (χ4n) is 3.07. The van der Waals surface area contributed by atoms with Gasteiger partial charge in [0.15, 0.2) is 0 Å². The molecule has 0 aromatic carbocycles. The SMILES string of the molecule is CC(C)CC(NC(=O)C(NC(=O)OCC(C)(C)C)C(C)C)C(=O)NC1CCNC(=O)C1=O. The second-order valence-electron chi connectivity index (χ2n) is 10.2. The van der Waals surface area contributed by atoms with Gasteiger partial charge in [-0.2, -0.15) is 0 Å². The molecule has 0 aliphatic carbocycles. The highest BCUT2D eigenvalue weighted by Crippen LogP contribution is 2.13. The maximum absolute atomic E-state index is 12.9. The molecule has 0 spiro atoms. The molecule has 4 amide bonds. The molecule has 1 rings (SSSR count). The largest absolute Gasteiger partial charge is 0.449 e. The van der Waals surface area contributed by atoms with Crippen LogP contribution < -0.4 is 21.3 Å². The summed E-state index contributed by atoms with van der Waals surface area (Å²) in [6.45, 7) is 13.6. The number of hydrogen-bond acceptors (Lipinski definition) is 6. The molecule has 1 heterocycles. The number of hydrogen-bond donors (Lipinski definition) is 4. The maximum Gasteiger partial charge on any atom is 0.407 e. The van der Waals surface area contributed by atoms with Crippen molar-refractivity contribution >= 4 is 29.6 Å². The number of rotatable bonds is 9. The number of Topliss-reactive ketones (excluding diaryl/α,β-unsaturated/α-hetero) is 1. The maximum atomic E-state index is 12.9. The van der Waals surface area contributed by atoms with Crippen LogP contribution in [0.3, 0.4) is 0 Å². The second kappa shape index (κ2) is 11.8. The Labute approximate surface area is 190 Å². The fourth-order valence-corrected chi connectivity index (χ4v) is 3.07. The van der Waals surface area contributed by atoms with Gasteiger partial charge in [-0.3, -0.25) is 19.2 Å². The zero-order valence-corrected chi connectivity index (χ0v) is 20.2. The van der Waals surface area contributed by atoms with Crippen LogP contribution in [0, 0.1) is 17.3 Å². The molecule has 3 atom stereocenters. The van der Waals surface area contributed by atoms with Crippen molar-refractivity contribution in [1.82, 2.24) is 21.3 Å². The molecule has 1 aliphatic heterocycles. The third kappa shape index (κ3) is 9.23. The van der Waals surface area contributed by atoms with Gasteiger partial charge in [0.2, 0.25) is 17.6 Å². The van der Waals surface area contributed by atoms with E-state index in [1.165, 1.54) is 0 Å². The molecule has 4 N–H and O–H groups in total. The first kappa shape index (κ1) is 27.4. The summed E-state index contributed by atoms with van der Waals surface area (Å²) in [6.07, 6.45) is -0.101. The summed E-state index contributed by atoms with van der Waals surface area (Å²) < 4.78 is 5.19. The number of carbonyl (C=O) groups excluding carboxylic acids is 5. The Morgan fingerprint density at radius 3 is 2.22 bits per heavy atom. The normalized spacial score (nSPS) is 18.6. The molecule has 0 radical (unpaired) electrons. The molecule has 0 bridgehead atoms. The van der Waals surface area contributed by atoms with Crippen molar-refractivity contribution in [1.29, 1.82) is 0 Å². The molecule has 0 aromatic rings. The van der Waals surface area contributed by atoms with E-state index in [1.807, 2.05) is 34.6 Å². The van der Waals surface area contributed by atoms with E-state index in [-0.39, 0.29) is 36.8 Å². The molecule has 182 valence electrons. The summed E-state index contributed by atoms with van der Waals surface area (Å²) in [6, 6.07) is -2.75. The topological polar surface area (TPSA) is 143 Å². The van der Waals surface area contributed by atoms with Crippen LogP contribution >= 0.6 is 0 Å². The Kier molecular flexibility index (Phi) is 10.1. The van der Waals surface area contributed by atoms with E-state index in [0.29, 0.717) is 6.42 Å². The van der Waals surface area contributed by atoms with Gasteiger partial charge in [0, 0.05) is 6.54 Å². The minimum absolute atomic E-state index is 0.0682. The van der Waals surface area contributed by atoms with Crippen molar-refractivity contribution in [2.75, 3.05) is 13.2 Å². The Balaban J connectivity index is 2.84. The average molecular weight is 455 g/mol. The number of ether oxygens (including phenoxy) is 1. The molecule has 1 fully saturated rings. The standard InChI is InChI=1S/C22H38N4O6/c1-12(2)10-15(18(28)24-14-8-9-23-20(30)17(14)27)25-19(29)16(13(3)4)26-21(31)32-11-22(5,6)7/h12-16H,8-11H2,1-7H3,(H,23,30)(H,24,28)(H,25,29)(H,26,31). The molecule has 1 saturated heterocycles. The summed E-state index contributed by atoms with van der Waals surface area (Å²) in [4.78, 5) is 61.5. The number of ketones is 1. The summed E-state index contributed by atoms with van der Waals surface area (Å²) >= 11 is 0. The number of piperidine rings is 1.